The first-order valence-electron chi connectivity index (χ1n) is 5.89. The van der Waals surface area contributed by atoms with Gasteiger partial charge in [-0.1, -0.05) is 24.9 Å². The van der Waals surface area contributed by atoms with Crippen molar-refractivity contribution in [1.29, 1.82) is 0 Å². The normalized spacial score (nSPS) is 11.1. The Labute approximate surface area is 118 Å². The molecule has 0 saturated heterocycles. The summed E-state index contributed by atoms with van der Waals surface area (Å²) in [5.41, 5.74) is 0.834. The number of hydrogen-bond acceptors (Lipinski definition) is 3. The average molecular weight is 305 g/mol. The maximum atomic E-state index is 11.5. The third kappa shape index (κ3) is 5.94. The molecule has 0 heterocycles. The van der Waals surface area contributed by atoms with Crippen molar-refractivity contribution in [2.75, 3.05) is 16.3 Å². The molecular weight excluding hydrogens is 288 g/mol. The molecule has 106 valence electrons. The highest BCUT2D eigenvalue weighted by atomic mass is 35.5. The number of nitrogens with one attached hydrogen (secondary N) is 2. The van der Waals surface area contributed by atoms with E-state index in [0.717, 1.165) is 19.1 Å². The van der Waals surface area contributed by atoms with Gasteiger partial charge in [0.25, 0.3) is 0 Å². The second-order valence-corrected chi connectivity index (χ2v) is 6.38. The Bertz CT molecular complexity index is 558. The number of halogens is 1. The average Bonchev–Trinajstić information content (AvgIpc) is 2.28. The lowest BCUT2D eigenvalue weighted by Crippen LogP contribution is -2.12. The summed E-state index contributed by atoms with van der Waals surface area (Å²) in [7, 11) is -3.37. The highest BCUT2D eigenvalue weighted by Gasteiger charge is 2.08. The van der Waals surface area contributed by atoms with Crippen LogP contribution in [0.15, 0.2) is 18.2 Å². The molecule has 1 amide bonds. The number of rotatable bonds is 6. The molecule has 19 heavy (non-hydrogen) atoms. The second-order valence-electron chi connectivity index (χ2n) is 4.22. The van der Waals surface area contributed by atoms with Crippen LogP contribution in [-0.4, -0.2) is 20.6 Å². The number of carbonyl (C=O) groups is 1. The largest absolute Gasteiger partial charge is 0.326 e. The Balaban J connectivity index is 2.74. The lowest BCUT2D eigenvalue weighted by atomic mass is 10.2. The fourth-order valence-corrected chi connectivity index (χ4v) is 2.30. The van der Waals surface area contributed by atoms with E-state index in [0.29, 0.717) is 12.1 Å². The van der Waals surface area contributed by atoms with Crippen molar-refractivity contribution >= 4 is 38.9 Å². The molecule has 0 aliphatic carbocycles. The van der Waals surface area contributed by atoms with Gasteiger partial charge in [0.2, 0.25) is 15.9 Å². The topological polar surface area (TPSA) is 75.3 Å². The van der Waals surface area contributed by atoms with E-state index in [-0.39, 0.29) is 16.6 Å². The molecule has 0 spiro atoms. The van der Waals surface area contributed by atoms with Gasteiger partial charge in [-0.05, 0) is 24.6 Å². The second kappa shape index (κ2) is 6.77. The standard InChI is InChI=1S/C12H17ClN2O3S/c1-3-4-5-12(16)14-9-6-7-11(10(13)8-9)15-19(2,17)18/h6-8,15H,3-5H2,1-2H3,(H,14,16). The molecule has 0 fully saturated rings. The number of anilines is 2. The first kappa shape index (κ1) is 15.8. The predicted molar refractivity (Wildman–Crippen MR) is 78.1 cm³/mol. The summed E-state index contributed by atoms with van der Waals surface area (Å²) in [4.78, 5) is 11.5. The smallest absolute Gasteiger partial charge is 0.229 e. The molecule has 0 bridgehead atoms. The van der Waals surface area contributed by atoms with Gasteiger partial charge in [0, 0.05) is 12.1 Å². The van der Waals surface area contributed by atoms with Crippen LogP contribution in [0.2, 0.25) is 5.02 Å². The van der Waals surface area contributed by atoms with Crippen LogP contribution in [-0.2, 0) is 14.8 Å². The molecule has 7 heteroatoms. The van der Waals surface area contributed by atoms with Crippen molar-refractivity contribution in [3.63, 3.8) is 0 Å². The first-order chi connectivity index (χ1) is 8.81. The Kier molecular flexibility index (Phi) is 5.62. The van der Waals surface area contributed by atoms with Gasteiger partial charge in [-0.3, -0.25) is 9.52 Å². The van der Waals surface area contributed by atoms with Crippen LogP contribution in [0.3, 0.4) is 0 Å². The van der Waals surface area contributed by atoms with Crippen LogP contribution in [0.1, 0.15) is 26.2 Å². The number of amides is 1. The van der Waals surface area contributed by atoms with Gasteiger partial charge in [-0.2, -0.15) is 0 Å². The Hall–Kier alpha value is -1.27. The molecule has 5 nitrogen and oxygen atoms in total. The Morgan fingerprint density at radius 3 is 2.58 bits per heavy atom. The van der Waals surface area contributed by atoms with Gasteiger partial charge in [0.1, 0.15) is 0 Å². The van der Waals surface area contributed by atoms with Crippen LogP contribution in [0.25, 0.3) is 0 Å². The first-order valence-corrected chi connectivity index (χ1v) is 8.16. The molecule has 0 aliphatic heterocycles. The van der Waals surface area contributed by atoms with Crippen LogP contribution < -0.4 is 10.0 Å². The van der Waals surface area contributed by atoms with Gasteiger partial charge in [-0.15, -0.1) is 0 Å². The van der Waals surface area contributed by atoms with E-state index in [9.17, 15) is 13.2 Å². The van der Waals surface area contributed by atoms with E-state index in [1.807, 2.05) is 6.92 Å². The highest BCUT2D eigenvalue weighted by molar-refractivity contribution is 7.92. The molecular formula is C12H17ClN2O3S. The summed E-state index contributed by atoms with van der Waals surface area (Å²) in [5, 5.41) is 2.94. The van der Waals surface area contributed by atoms with E-state index >= 15 is 0 Å². The molecule has 1 aromatic carbocycles. The lowest BCUT2D eigenvalue weighted by molar-refractivity contribution is -0.116. The molecule has 0 unspecified atom stereocenters. The summed E-state index contributed by atoms with van der Waals surface area (Å²) in [6, 6.07) is 4.63. The van der Waals surface area contributed by atoms with Crippen molar-refractivity contribution in [2.24, 2.45) is 0 Å². The molecule has 1 aromatic rings. The minimum Gasteiger partial charge on any atom is -0.326 e. The van der Waals surface area contributed by atoms with E-state index in [2.05, 4.69) is 10.0 Å². The summed E-state index contributed by atoms with van der Waals surface area (Å²) in [6.07, 6.45) is 3.28. The molecule has 2 N–H and O–H groups in total. The molecule has 0 radical (unpaired) electrons. The van der Waals surface area contributed by atoms with E-state index in [4.69, 9.17) is 11.6 Å². The predicted octanol–water partition coefficient (Wildman–Crippen LogP) is 2.84. The maximum Gasteiger partial charge on any atom is 0.229 e. The molecule has 0 aromatic heterocycles. The zero-order chi connectivity index (χ0) is 14.5. The monoisotopic (exact) mass is 304 g/mol. The molecule has 0 atom stereocenters. The zero-order valence-corrected chi connectivity index (χ0v) is 12.4. The molecule has 0 saturated carbocycles. The maximum absolute atomic E-state index is 11.5. The highest BCUT2D eigenvalue weighted by Crippen LogP contribution is 2.26. The number of carbonyl (C=O) groups excluding carboxylic acids is 1. The lowest BCUT2D eigenvalue weighted by Gasteiger charge is -2.09. The minimum absolute atomic E-state index is 0.0817. The van der Waals surface area contributed by atoms with Crippen molar-refractivity contribution in [2.45, 2.75) is 26.2 Å². The van der Waals surface area contributed by atoms with E-state index in [1.165, 1.54) is 12.1 Å². The third-order valence-corrected chi connectivity index (χ3v) is 3.21. The van der Waals surface area contributed by atoms with Gasteiger partial charge >= 0.3 is 0 Å². The van der Waals surface area contributed by atoms with Gasteiger partial charge in [0.15, 0.2) is 0 Å². The van der Waals surface area contributed by atoms with Crippen LogP contribution in [0, 0.1) is 0 Å². The summed E-state index contributed by atoms with van der Waals surface area (Å²) in [5.74, 6) is -0.0817. The van der Waals surface area contributed by atoms with Crippen molar-refractivity contribution < 1.29 is 13.2 Å². The Morgan fingerprint density at radius 2 is 2.05 bits per heavy atom. The summed E-state index contributed by atoms with van der Waals surface area (Å²) >= 11 is 5.95. The quantitative estimate of drug-likeness (QED) is 0.848. The number of hydrogen-bond donors (Lipinski definition) is 2. The summed E-state index contributed by atoms with van der Waals surface area (Å²) < 4.78 is 24.5. The van der Waals surface area contributed by atoms with Crippen molar-refractivity contribution in [3.05, 3.63) is 23.2 Å². The number of benzene rings is 1. The van der Waals surface area contributed by atoms with Gasteiger partial charge in [0.05, 0.1) is 17.0 Å². The molecule has 0 aliphatic rings. The van der Waals surface area contributed by atoms with Gasteiger partial charge < -0.3 is 5.32 Å². The van der Waals surface area contributed by atoms with Crippen LogP contribution in [0.4, 0.5) is 11.4 Å². The van der Waals surface area contributed by atoms with Crippen molar-refractivity contribution in [3.8, 4) is 0 Å². The number of sulfonamides is 1. The minimum atomic E-state index is -3.37. The number of unbranched alkanes of at least 4 members (excludes halogenated alkanes) is 1. The summed E-state index contributed by atoms with van der Waals surface area (Å²) in [6.45, 7) is 2.01. The zero-order valence-electron chi connectivity index (χ0n) is 10.9. The SMILES string of the molecule is CCCCC(=O)Nc1ccc(NS(C)(=O)=O)c(Cl)c1. The van der Waals surface area contributed by atoms with Gasteiger partial charge in [-0.25, -0.2) is 8.42 Å². The van der Waals surface area contributed by atoms with E-state index < -0.39 is 10.0 Å². The van der Waals surface area contributed by atoms with Crippen LogP contribution in [0.5, 0.6) is 0 Å². The van der Waals surface area contributed by atoms with Crippen LogP contribution >= 0.6 is 11.6 Å². The van der Waals surface area contributed by atoms with Crippen molar-refractivity contribution in [1.82, 2.24) is 0 Å². The molecule has 1 rings (SSSR count). The fraction of sp³-hybridized carbons (Fsp3) is 0.417. The Morgan fingerprint density at radius 1 is 1.37 bits per heavy atom. The third-order valence-electron chi connectivity index (χ3n) is 2.31. The van der Waals surface area contributed by atoms with E-state index in [1.54, 1.807) is 6.07 Å². The fourth-order valence-electron chi connectivity index (χ4n) is 1.44.